The monoisotopic (exact) mass is 300 g/mol. The number of ether oxygens (including phenoxy) is 1. The predicted molar refractivity (Wildman–Crippen MR) is 90.9 cm³/mol. The van der Waals surface area contributed by atoms with Crippen LogP contribution in [0.3, 0.4) is 0 Å². The van der Waals surface area contributed by atoms with Crippen LogP contribution in [0.5, 0.6) is 5.75 Å². The van der Waals surface area contributed by atoms with E-state index in [2.05, 4.69) is 27.5 Å². The summed E-state index contributed by atoms with van der Waals surface area (Å²) in [6, 6.07) is 9.76. The molecular formula is C17H24N4O. The Morgan fingerprint density at radius 1 is 1.14 bits per heavy atom. The average molecular weight is 300 g/mol. The summed E-state index contributed by atoms with van der Waals surface area (Å²) in [6.07, 6.45) is 3.96. The van der Waals surface area contributed by atoms with Gasteiger partial charge in [0.2, 0.25) is 0 Å². The normalized spacial score (nSPS) is 10.5. The molecule has 2 rings (SSSR count). The fraction of sp³-hybridized carbons (Fsp3) is 0.412. The number of unbranched alkanes of at least 4 members (excludes halogenated alkanes) is 1. The van der Waals surface area contributed by atoms with E-state index in [9.17, 15) is 0 Å². The number of nitrogens with one attached hydrogen (secondary N) is 2. The Balaban J connectivity index is 2.09. The molecule has 1 heterocycles. The zero-order valence-electron chi connectivity index (χ0n) is 13.5. The van der Waals surface area contributed by atoms with Gasteiger partial charge in [-0.25, -0.2) is 9.97 Å². The minimum atomic E-state index is 0.125. The summed E-state index contributed by atoms with van der Waals surface area (Å²) in [6.45, 7) is 7.11. The summed E-state index contributed by atoms with van der Waals surface area (Å²) in [5, 5.41) is 6.59. The number of hydrogen-bond acceptors (Lipinski definition) is 5. The van der Waals surface area contributed by atoms with E-state index in [-0.39, 0.29) is 6.10 Å². The molecule has 5 nitrogen and oxygen atoms in total. The highest BCUT2D eigenvalue weighted by Crippen LogP contribution is 2.27. The zero-order chi connectivity index (χ0) is 15.8. The summed E-state index contributed by atoms with van der Waals surface area (Å²) >= 11 is 0. The molecule has 0 fully saturated rings. The molecule has 1 aromatic carbocycles. The molecule has 0 radical (unpaired) electrons. The summed E-state index contributed by atoms with van der Waals surface area (Å²) in [5.41, 5.74) is 0.898. The molecule has 2 N–H and O–H groups in total. The van der Waals surface area contributed by atoms with Crippen LogP contribution in [0.1, 0.15) is 33.6 Å². The van der Waals surface area contributed by atoms with E-state index in [0.29, 0.717) is 0 Å². The third-order valence-electron chi connectivity index (χ3n) is 3.02. The quantitative estimate of drug-likeness (QED) is 0.715. The first-order valence-corrected chi connectivity index (χ1v) is 7.77. The molecule has 0 amide bonds. The summed E-state index contributed by atoms with van der Waals surface area (Å²) in [7, 11) is 0. The van der Waals surface area contributed by atoms with Crippen molar-refractivity contribution in [3.63, 3.8) is 0 Å². The molecule has 22 heavy (non-hydrogen) atoms. The van der Waals surface area contributed by atoms with Crippen LogP contribution in [0.4, 0.5) is 17.3 Å². The molecule has 0 bridgehead atoms. The number of anilines is 3. The highest BCUT2D eigenvalue weighted by molar-refractivity contribution is 5.65. The molecule has 1 aromatic heterocycles. The number of para-hydroxylation sites is 2. The Morgan fingerprint density at radius 2 is 1.91 bits per heavy atom. The first kappa shape index (κ1) is 16.1. The number of benzene rings is 1. The molecule has 0 aliphatic heterocycles. The van der Waals surface area contributed by atoms with Crippen molar-refractivity contribution >= 4 is 17.3 Å². The third kappa shape index (κ3) is 4.91. The lowest BCUT2D eigenvalue weighted by molar-refractivity contribution is 0.244. The predicted octanol–water partition coefficient (Wildman–Crippen LogP) is 4.22. The second-order valence-electron chi connectivity index (χ2n) is 5.36. The molecule has 0 spiro atoms. The molecular weight excluding hydrogens is 276 g/mol. The second-order valence-corrected chi connectivity index (χ2v) is 5.36. The largest absolute Gasteiger partial charge is 0.489 e. The van der Waals surface area contributed by atoms with Gasteiger partial charge in [0.05, 0.1) is 11.8 Å². The van der Waals surface area contributed by atoms with Gasteiger partial charge >= 0.3 is 0 Å². The van der Waals surface area contributed by atoms with Crippen LogP contribution in [-0.2, 0) is 0 Å². The van der Waals surface area contributed by atoms with Crippen LogP contribution in [0, 0.1) is 0 Å². The molecule has 5 heteroatoms. The molecule has 0 atom stereocenters. The van der Waals surface area contributed by atoms with Crippen LogP contribution >= 0.6 is 0 Å². The first-order valence-electron chi connectivity index (χ1n) is 7.77. The summed E-state index contributed by atoms with van der Waals surface area (Å²) in [5.74, 6) is 2.39. The van der Waals surface area contributed by atoms with Gasteiger partial charge in [0, 0.05) is 12.6 Å². The number of aromatic nitrogens is 2. The van der Waals surface area contributed by atoms with E-state index in [0.717, 1.165) is 42.5 Å². The van der Waals surface area contributed by atoms with Crippen LogP contribution in [0.25, 0.3) is 0 Å². The van der Waals surface area contributed by atoms with Crippen LogP contribution < -0.4 is 15.4 Å². The Hall–Kier alpha value is -2.30. The van der Waals surface area contributed by atoms with Crippen LogP contribution in [0.2, 0.25) is 0 Å². The van der Waals surface area contributed by atoms with Gasteiger partial charge in [-0.3, -0.25) is 0 Å². The van der Waals surface area contributed by atoms with Crippen molar-refractivity contribution in [3.8, 4) is 5.75 Å². The van der Waals surface area contributed by atoms with Gasteiger partial charge in [-0.2, -0.15) is 0 Å². The molecule has 118 valence electrons. The van der Waals surface area contributed by atoms with Crippen LogP contribution in [-0.4, -0.2) is 22.6 Å². The number of nitrogens with zero attached hydrogens (tertiary/aromatic N) is 2. The van der Waals surface area contributed by atoms with Crippen molar-refractivity contribution in [1.29, 1.82) is 0 Å². The van der Waals surface area contributed by atoms with Gasteiger partial charge in [-0.1, -0.05) is 25.5 Å². The van der Waals surface area contributed by atoms with Gasteiger partial charge in [0.25, 0.3) is 0 Å². The molecule has 0 unspecified atom stereocenters. The van der Waals surface area contributed by atoms with Gasteiger partial charge in [0.15, 0.2) is 0 Å². The van der Waals surface area contributed by atoms with E-state index in [1.807, 2.05) is 44.2 Å². The highest BCUT2D eigenvalue weighted by Gasteiger charge is 2.06. The summed E-state index contributed by atoms with van der Waals surface area (Å²) < 4.78 is 5.81. The van der Waals surface area contributed by atoms with Crippen molar-refractivity contribution in [2.75, 3.05) is 17.2 Å². The lowest BCUT2D eigenvalue weighted by Gasteiger charge is -2.15. The molecule has 2 aromatic rings. The van der Waals surface area contributed by atoms with E-state index in [1.54, 1.807) is 6.33 Å². The molecule has 0 aliphatic carbocycles. The Morgan fingerprint density at radius 3 is 2.68 bits per heavy atom. The topological polar surface area (TPSA) is 59.1 Å². The molecule has 0 saturated heterocycles. The highest BCUT2D eigenvalue weighted by atomic mass is 16.5. The van der Waals surface area contributed by atoms with Gasteiger partial charge in [0.1, 0.15) is 23.7 Å². The summed E-state index contributed by atoms with van der Waals surface area (Å²) in [4.78, 5) is 8.50. The number of rotatable bonds is 8. The SMILES string of the molecule is CCCCNc1cc(Nc2ccccc2OC(C)C)ncn1. The van der Waals surface area contributed by atoms with Crippen molar-refractivity contribution in [2.45, 2.75) is 39.7 Å². The van der Waals surface area contributed by atoms with Crippen molar-refractivity contribution in [3.05, 3.63) is 36.7 Å². The third-order valence-corrected chi connectivity index (χ3v) is 3.02. The fourth-order valence-corrected chi connectivity index (χ4v) is 1.98. The van der Waals surface area contributed by atoms with Gasteiger partial charge in [-0.15, -0.1) is 0 Å². The van der Waals surface area contributed by atoms with Gasteiger partial charge < -0.3 is 15.4 Å². The minimum Gasteiger partial charge on any atom is -0.489 e. The van der Waals surface area contributed by atoms with Crippen LogP contribution in [0.15, 0.2) is 36.7 Å². The first-order chi connectivity index (χ1) is 10.7. The Labute approximate surface area is 132 Å². The lowest BCUT2D eigenvalue weighted by atomic mass is 10.3. The lowest BCUT2D eigenvalue weighted by Crippen LogP contribution is -2.08. The van der Waals surface area contributed by atoms with E-state index in [4.69, 9.17) is 4.74 Å². The maximum Gasteiger partial charge on any atom is 0.143 e. The smallest absolute Gasteiger partial charge is 0.143 e. The minimum absolute atomic E-state index is 0.125. The Kier molecular flexibility index (Phi) is 6.01. The fourth-order valence-electron chi connectivity index (χ4n) is 1.98. The Bertz CT molecular complexity index is 586. The van der Waals surface area contributed by atoms with Crippen molar-refractivity contribution in [1.82, 2.24) is 9.97 Å². The average Bonchev–Trinajstić information content (AvgIpc) is 2.49. The standard InChI is InChI=1S/C17H24N4O/c1-4-5-10-18-16-11-17(20-12-19-16)21-14-8-6-7-9-15(14)22-13(2)3/h6-9,11-13H,4-5,10H2,1-3H3,(H2,18,19,20,21). The molecule has 0 aliphatic rings. The molecule has 0 saturated carbocycles. The van der Waals surface area contributed by atoms with Crippen molar-refractivity contribution in [2.24, 2.45) is 0 Å². The second kappa shape index (κ2) is 8.22. The van der Waals surface area contributed by atoms with E-state index >= 15 is 0 Å². The van der Waals surface area contributed by atoms with Crippen molar-refractivity contribution < 1.29 is 4.74 Å². The zero-order valence-corrected chi connectivity index (χ0v) is 13.5. The van der Waals surface area contributed by atoms with E-state index in [1.165, 1.54) is 0 Å². The van der Waals surface area contributed by atoms with Gasteiger partial charge in [-0.05, 0) is 32.4 Å². The number of hydrogen-bond donors (Lipinski definition) is 2. The van der Waals surface area contributed by atoms with E-state index < -0.39 is 0 Å². The maximum absolute atomic E-state index is 5.81. The maximum atomic E-state index is 5.81.